The first-order chi connectivity index (χ1) is 15.0. The van der Waals surface area contributed by atoms with Crippen molar-refractivity contribution in [2.45, 2.75) is 27.1 Å². The number of rotatable bonds is 3. The molecule has 5 rings (SSSR count). The lowest BCUT2D eigenvalue weighted by Gasteiger charge is -2.29. The molecule has 3 aromatic rings. The van der Waals surface area contributed by atoms with E-state index in [2.05, 4.69) is 15.2 Å². The lowest BCUT2D eigenvalue weighted by atomic mass is 10.0. The Balaban J connectivity index is 1.53. The monoisotopic (exact) mass is 420 g/mol. The fourth-order valence-corrected chi connectivity index (χ4v) is 4.24. The van der Waals surface area contributed by atoms with E-state index >= 15 is 0 Å². The molecule has 8 heteroatoms. The number of aromatic nitrogens is 2. The number of hydrogen-bond donors (Lipinski definition) is 2. The number of H-pyrrole nitrogens is 1. The minimum Gasteiger partial charge on any atom is -0.378 e. The van der Waals surface area contributed by atoms with Crippen LogP contribution in [0.25, 0.3) is 10.9 Å². The standard InChI is InChI=1S/C23H24N4O4/c1-13-8-20(28)26-21-14(2)7-16(10-17(13)21)24-23(29)18-9-15-11-31-12-19(15)25-22(18)27-3-5-30-6-4-27/h7-10H,3-6,11-12H2,1-2H3,(H,24,29)(H,26,28). The number of nitrogens with one attached hydrogen (secondary N) is 2. The SMILES string of the molecule is Cc1cc(=O)[nH]c2c(C)cc(NC(=O)c3cc4c(nc3N3CCOCC3)COC4)cc12. The molecule has 1 fully saturated rings. The van der Waals surface area contributed by atoms with E-state index < -0.39 is 0 Å². The molecule has 0 unspecified atom stereocenters. The maximum atomic E-state index is 13.4. The first-order valence-electron chi connectivity index (χ1n) is 10.4. The number of aromatic amines is 1. The van der Waals surface area contributed by atoms with Crippen LogP contribution in [0, 0.1) is 13.8 Å². The molecule has 0 spiro atoms. The summed E-state index contributed by atoms with van der Waals surface area (Å²) in [7, 11) is 0. The third-order valence-electron chi connectivity index (χ3n) is 5.84. The van der Waals surface area contributed by atoms with Crippen molar-refractivity contribution in [3.63, 3.8) is 0 Å². The summed E-state index contributed by atoms with van der Waals surface area (Å²) in [5.41, 5.74) is 5.45. The largest absolute Gasteiger partial charge is 0.378 e. The highest BCUT2D eigenvalue weighted by molar-refractivity contribution is 6.08. The molecule has 31 heavy (non-hydrogen) atoms. The Morgan fingerprint density at radius 3 is 2.68 bits per heavy atom. The van der Waals surface area contributed by atoms with E-state index in [9.17, 15) is 9.59 Å². The Bertz CT molecular complexity index is 1240. The molecule has 1 amide bonds. The summed E-state index contributed by atoms with van der Waals surface area (Å²) >= 11 is 0. The van der Waals surface area contributed by atoms with Gasteiger partial charge in [0.05, 0.1) is 43.2 Å². The highest BCUT2D eigenvalue weighted by Crippen LogP contribution is 2.29. The van der Waals surface area contributed by atoms with Gasteiger partial charge in [-0.05, 0) is 43.2 Å². The molecule has 4 heterocycles. The zero-order valence-corrected chi connectivity index (χ0v) is 17.6. The lowest BCUT2D eigenvalue weighted by Crippen LogP contribution is -2.38. The van der Waals surface area contributed by atoms with Crippen molar-refractivity contribution in [2.75, 3.05) is 36.5 Å². The van der Waals surface area contributed by atoms with Crippen molar-refractivity contribution in [3.05, 3.63) is 62.6 Å². The van der Waals surface area contributed by atoms with Crippen LogP contribution in [-0.2, 0) is 22.7 Å². The van der Waals surface area contributed by atoms with Gasteiger partial charge in [-0.1, -0.05) is 0 Å². The van der Waals surface area contributed by atoms with Crippen LogP contribution in [0.3, 0.4) is 0 Å². The summed E-state index contributed by atoms with van der Waals surface area (Å²) in [5, 5.41) is 3.94. The molecule has 0 aliphatic carbocycles. The van der Waals surface area contributed by atoms with Gasteiger partial charge < -0.3 is 24.7 Å². The van der Waals surface area contributed by atoms with Crippen LogP contribution in [0.2, 0.25) is 0 Å². The zero-order valence-electron chi connectivity index (χ0n) is 17.6. The van der Waals surface area contributed by atoms with Gasteiger partial charge in [-0.2, -0.15) is 0 Å². The maximum absolute atomic E-state index is 13.4. The number of anilines is 2. The molecule has 2 aromatic heterocycles. The number of pyridine rings is 2. The Hall–Kier alpha value is -3.23. The van der Waals surface area contributed by atoms with Crippen LogP contribution in [-0.4, -0.2) is 42.2 Å². The van der Waals surface area contributed by atoms with Crippen molar-refractivity contribution in [2.24, 2.45) is 0 Å². The van der Waals surface area contributed by atoms with Crippen molar-refractivity contribution in [3.8, 4) is 0 Å². The van der Waals surface area contributed by atoms with Crippen LogP contribution in [0.5, 0.6) is 0 Å². The topological polar surface area (TPSA) is 96.5 Å². The second-order valence-electron chi connectivity index (χ2n) is 8.04. The van der Waals surface area contributed by atoms with Gasteiger partial charge in [-0.3, -0.25) is 9.59 Å². The Morgan fingerprint density at radius 2 is 1.87 bits per heavy atom. The molecule has 0 radical (unpaired) electrons. The normalized spacial score (nSPS) is 15.9. The number of morpholine rings is 1. The lowest BCUT2D eigenvalue weighted by molar-refractivity contribution is 0.102. The van der Waals surface area contributed by atoms with Gasteiger partial charge in [0, 0.05) is 35.8 Å². The van der Waals surface area contributed by atoms with Gasteiger partial charge in [-0.15, -0.1) is 0 Å². The highest BCUT2D eigenvalue weighted by Gasteiger charge is 2.25. The average molecular weight is 420 g/mol. The van der Waals surface area contributed by atoms with E-state index in [-0.39, 0.29) is 11.5 Å². The Kier molecular flexibility index (Phi) is 4.95. The number of nitrogens with zero attached hydrogens (tertiary/aromatic N) is 2. The minimum atomic E-state index is -0.218. The van der Waals surface area contributed by atoms with E-state index in [1.54, 1.807) is 6.07 Å². The first kappa shape index (κ1) is 19.7. The highest BCUT2D eigenvalue weighted by atomic mass is 16.5. The second-order valence-corrected chi connectivity index (χ2v) is 8.04. The Morgan fingerprint density at radius 1 is 1.06 bits per heavy atom. The van der Waals surface area contributed by atoms with E-state index in [0.717, 1.165) is 33.3 Å². The molecular formula is C23H24N4O4. The molecule has 0 bridgehead atoms. The fourth-order valence-electron chi connectivity index (χ4n) is 4.24. The van der Waals surface area contributed by atoms with Crippen molar-refractivity contribution < 1.29 is 14.3 Å². The maximum Gasteiger partial charge on any atom is 0.259 e. The number of carbonyl (C=O) groups excluding carboxylic acids is 1. The molecular weight excluding hydrogens is 396 g/mol. The first-order valence-corrected chi connectivity index (χ1v) is 10.4. The van der Waals surface area contributed by atoms with E-state index in [0.29, 0.717) is 56.6 Å². The molecule has 0 saturated carbocycles. The zero-order chi connectivity index (χ0) is 21.5. The van der Waals surface area contributed by atoms with E-state index in [4.69, 9.17) is 14.5 Å². The molecule has 8 nitrogen and oxygen atoms in total. The van der Waals surface area contributed by atoms with Crippen LogP contribution in [0.1, 0.15) is 32.7 Å². The summed E-state index contributed by atoms with van der Waals surface area (Å²) in [6.45, 7) is 7.34. The third-order valence-corrected chi connectivity index (χ3v) is 5.84. The number of ether oxygens (including phenoxy) is 2. The summed E-state index contributed by atoms with van der Waals surface area (Å²) in [6, 6.07) is 7.22. The van der Waals surface area contributed by atoms with Gasteiger partial charge in [0.25, 0.3) is 5.91 Å². The molecule has 2 N–H and O–H groups in total. The van der Waals surface area contributed by atoms with Crippen LogP contribution >= 0.6 is 0 Å². The van der Waals surface area contributed by atoms with Gasteiger partial charge >= 0.3 is 0 Å². The summed E-state index contributed by atoms with van der Waals surface area (Å²) in [5.74, 6) is 0.451. The number of hydrogen-bond acceptors (Lipinski definition) is 6. The molecule has 2 aliphatic heterocycles. The fraction of sp³-hybridized carbons (Fsp3) is 0.348. The predicted octanol–water partition coefficient (Wildman–Crippen LogP) is 2.66. The number of amides is 1. The predicted molar refractivity (Wildman–Crippen MR) is 118 cm³/mol. The average Bonchev–Trinajstić information content (AvgIpc) is 3.22. The number of aryl methyl sites for hydroxylation is 2. The van der Waals surface area contributed by atoms with Gasteiger partial charge in [0.1, 0.15) is 5.82 Å². The molecule has 1 saturated heterocycles. The van der Waals surface area contributed by atoms with Crippen LogP contribution in [0.15, 0.2) is 29.1 Å². The summed E-state index contributed by atoms with van der Waals surface area (Å²) < 4.78 is 11.0. The number of fused-ring (bicyclic) bond motifs is 2. The van der Waals surface area contributed by atoms with Crippen LogP contribution in [0.4, 0.5) is 11.5 Å². The van der Waals surface area contributed by atoms with Gasteiger partial charge in [0.15, 0.2) is 0 Å². The van der Waals surface area contributed by atoms with Gasteiger partial charge in [-0.25, -0.2) is 4.98 Å². The van der Waals surface area contributed by atoms with Gasteiger partial charge in [0.2, 0.25) is 5.56 Å². The van der Waals surface area contributed by atoms with Crippen LogP contribution < -0.4 is 15.8 Å². The third kappa shape index (κ3) is 3.68. The molecule has 0 atom stereocenters. The molecule has 160 valence electrons. The molecule has 1 aromatic carbocycles. The Labute approximate surface area is 179 Å². The van der Waals surface area contributed by atoms with E-state index in [1.807, 2.05) is 32.0 Å². The van der Waals surface area contributed by atoms with Crippen molar-refractivity contribution >= 4 is 28.3 Å². The van der Waals surface area contributed by atoms with E-state index in [1.165, 1.54) is 0 Å². The van der Waals surface area contributed by atoms with Crippen molar-refractivity contribution in [1.82, 2.24) is 9.97 Å². The number of benzene rings is 1. The second kappa shape index (κ2) is 7.79. The summed E-state index contributed by atoms with van der Waals surface area (Å²) in [4.78, 5) is 34.9. The smallest absolute Gasteiger partial charge is 0.259 e. The molecule has 2 aliphatic rings. The minimum absolute atomic E-state index is 0.133. The summed E-state index contributed by atoms with van der Waals surface area (Å²) in [6.07, 6.45) is 0. The number of carbonyl (C=O) groups is 1. The van der Waals surface area contributed by atoms with Crippen molar-refractivity contribution in [1.29, 1.82) is 0 Å². The quantitative estimate of drug-likeness (QED) is 0.676.